The van der Waals surface area contributed by atoms with E-state index < -0.39 is 15.9 Å². The Hall–Kier alpha value is -2.55. The number of nitrogens with zero attached hydrogens (tertiary/aromatic N) is 2. The van der Waals surface area contributed by atoms with Gasteiger partial charge < -0.3 is 5.32 Å². The molecule has 3 aromatic rings. The number of thioether (sulfide) groups is 1. The zero-order chi connectivity index (χ0) is 21.4. The van der Waals surface area contributed by atoms with Gasteiger partial charge in [0.1, 0.15) is 6.54 Å². The summed E-state index contributed by atoms with van der Waals surface area (Å²) in [6.07, 6.45) is 1.71. The van der Waals surface area contributed by atoms with Crippen LogP contribution in [0.15, 0.2) is 88.9 Å². The monoisotopic (exact) mass is 461 g/mol. The van der Waals surface area contributed by atoms with Gasteiger partial charge in [-0.1, -0.05) is 41.9 Å². The van der Waals surface area contributed by atoms with Gasteiger partial charge in [-0.25, -0.2) is 13.4 Å². The molecule has 3 rings (SSSR count). The number of rotatable bonds is 9. The first-order valence-electron chi connectivity index (χ1n) is 9.11. The Labute approximate surface area is 185 Å². The molecular formula is C21H20ClN3O3S2. The topological polar surface area (TPSA) is 79.4 Å². The fraction of sp³-hybridized carbons (Fsp3) is 0.143. The molecule has 2 aromatic carbocycles. The third-order valence-corrected chi connectivity index (χ3v) is 7.00. The second-order valence-corrected chi connectivity index (χ2v) is 9.58. The summed E-state index contributed by atoms with van der Waals surface area (Å²) in [5.74, 6) is 0.210. The van der Waals surface area contributed by atoms with Crippen LogP contribution in [0.1, 0.15) is 0 Å². The molecule has 0 saturated heterocycles. The van der Waals surface area contributed by atoms with E-state index in [1.165, 1.54) is 30.0 Å². The second kappa shape index (κ2) is 10.5. The third-order valence-electron chi connectivity index (χ3n) is 4.03. The van der Waals surface area contributed by atoms with Crippen LogP contribution in [0, 0.1) is 0 Å². The molecule has 1 N–H and O–H groups in total. The van der Waals surface area contributed by atoms with Gasteiger partial charge in [0, 0.05) is 23.5 Å². The fourth-order valence-electron chi connectivity index (χ4n) is 2.63. The Morgan fingerprint density at radius 3 is 2.50 bits per heavy atom. The highest BCUT2D eigenvalue weighted by molar-refractivity contribution is 7.99. The van der Waals surface area contributed by atoms with Gasteiger partial charge >= 0.3 is 0 Å². The Kier molecular flexibility index (Phi) is 7.73. The normalized spacial score (nSPS) is 11.1. The van der Waals surface area contributed by atoms with Gasteiger partial charge in [0.15, 0.2) is 0 Å². The van der Waals surface area contributed by atoms with Crippen molar-refractivity contribution < 1.29 is 13.2 Å². The van der Waals surface area contributed by atoms with Crippen molar-refractivity contribution in [2.24, 2.45) is 0 Å². The second-order valence-electron chi connectivity index (χ2n) is 6.17. The molecule has 0 aliphatic heterocycles. The molecule has 0 radical (unpaired) electrons. The standard InChI is InChI=1S/C21H20ClN3O3S2/c22-17-7-6-8-18(15-17)25(30(27,28)19-9-2-1-3-10-19)16-20(26)23-13-14-29-21-11-4-5-12-24-21/h1-12,15H,13-14,16H2,(H,23,26). The van der Waals surface area contributed by atoms with Crippen molar-refractivity contribution in [1.82, 2.24) is 10.3 Å². The Bertz CT molecular complexity index is 1080. The third kappa shape index (κ3) is 5.98. The number of amides is 1. The number of nitrogens with one attached hydrogen (secondary N) is 1. The van der Waals surface area contributed by atoms with Crippen molar-refractivity contribution in [3.05, 3.63) is 84.0 Å². The molecule has 0 spiro atoms. The van der Waals surface area contributed by atoms with Crippen LogP contribution in [0.2, 0.25) is 5.02 Å². The van der Waals surface area contributed by atoms with Crippen molar-refractivity contribution >= 4 is 45.0 Å². The Balaban J connectivity index is 1.70. The molecule has 156 valence electrons. The van der Waals surface area contributed by atoms with Crippen LogP contribution in [0.5, 0.6) is 0 Å². The van der Waals surface area contributed by atoms with Gasteiger partial charge in [-0.05, 0) is 42.5 Å². The number of carbonyl (C=O) groups is 1. The number of carbonyl (C=O) groups excluding carboxylic acids is 1. The minimum Gasteiger partial charge on any atom is -0.354 e. The van der Waals surface area contributed by atoms with E-state index in [2.05, 4.69) is 10.3 Å². The first-order valence-corrected chi connectivity index (χ1v) is 11.9. The van der Waals surface area contributed by atoms with Gasteiger partial charge in [0.2, 0.25) is 5.91 Å². The summed E-state index contributed by atoms with van der Waals surface area (Å²) < 4.78 is 27.4. The van der Waals surface area contributed by atoms with Crippen LogP contribution in [0.25, 0.3) is 0 Å². The largest absolute Gasteiger partial charge is 0.354 e. The number of benzene rings is 2. The highest BCUT2D eigenvalue weighted by Crippen LogP contribution is 2.25. The number of hydrogen-bond donors (Lipinski definition) is 1. The molecule has 6 nitrogen and oxygen atoms in total. The predicted molar refractivity (Wildman–Crippen MR) is 120 cm³/mol. The van der Waals surface area contributed by atoms with Crippen LogP contribution in [-0.2, 0) is 14.8 Å². The molecule has 0 fully saturated rings. The number of anilines is 1. The number of hydrogen-bond acceptors (Lipinski definition) is 5. The summed E-state index contributed by atoms with van der Waals surface area (Å²) in [4.78, 5) is 16.8. The number of sulfonamides is 1. The van der Waals surface area contributed by atoms with Gasteiger partial charge in [-0.15, -0.1) is 11.8 Å². The summed E-state index contributed by atoms with van der Waals surface area (Å²) in [5.41, 5.74) is 0.323. The number of aromatic nitrogens is 1. The van der Waals surface area contributed by atoms with E-state index in [1.54, 1.807) is 42.6 Å². The minimum absolute atomic E-state index is 0.100. The quantitative estimate of drug-likeness (QED) is 0.387. The summed E-state index contributed by atoms with van der Waals surface area (Å²) >= 11 is 7.56. The molecule has 0 bridgehead atoms. The van der Waals surface area contributed by atoms with E-state index in [0.717, 1.165) is 9.33 Å². The molecule has 1 aromatic heterocycles. The first-order chi connectivity index (χ1) is 14.5. The maximum absolute atomic E-state index is 13.2. The SMILES string of the molecule is O=C(CN(c1cccc(Cl)c1)S(=O)(=O)c1ccccc1)NCCSc1ccccn1. The van der Waals surface area contributed by atoms with Crippen LogP contribution in [0.3, 0.4) is 0 Å². The average molecular weight is 462 g/mol. The van der Waals surface area contributed by atoms with Gasteiger partial charge in [0.25, 0.3) is 10.0 Å². The van der Waals surface area contributed by atoms with Crippen molar-refractivity contribution in [2.75, 3.05) is 23.1 Å². The van der Waals surface area contributed by atoms with Gasteiger partial charge in [-0.2, -0.15) is 0 Å². The lowest BCUT2D eigenvalue weighted by molar-refractivity contribution is -0.119. The van der Waals surface area contributed by atoms with E-state index in [9.17, 15) is 13.2 Å². The molecule has 30 heavy (non-hydrogen) atoms. The Morgan fingerprint density at radius 1 is 1.03 bits per heavy atom. The summed E-state index contributed by atoms with van der Waals surface area (Å²) in [6.45, 7) is 0.0284. The fourth-order valence-corrected chi connectivity index (χ4v) is 4.97. The van der Waals surface area contributed by atoms with Crippen molar-refractivity contribution in [2.45, 2.75) is 9.92 Å². The molecule has 0 atom stereocenters. The van der Waals surface area contributed by atoms with Crippen LogP contribution >= 0.6 is 23.4 Å². The molecule has 1 heterocycles. The molecule has 0 saturated carbocycles. The summed E-state index contributed by atoms with van der Waals surface area (Å²) in [7, 11) is -3.94. The lowest BCUT2D eigenvalue weighted by Crippen LogP contribution is -2.41. The van der Waals surface area contributed by atoms with Gasteiger partial charge in [0.05, 0.1) is 15.6 Å². The smallest absolute Gasteiger partial charge is 0.264 e. The molecular weight excluding hydrogens is 442 g/mol. The lowest BCUT2D eigenvalue weighted by atomic mass is 10.3. The molecule has 0 unspecified atom stereocenters. The predicted octanol–water partition coefficient (Wildman–Crippen LogP) is 3.84. The summed E-state index contributed by atoms with van der Waals surface area (Å²) in [6, 6.07) is 20.0. The summed E-state index contributed by atoms with van der Waals surface area (Å²) in [5, 5.41) is 4.01. The first kappa shape index (κ1) is 22.1. The van der Waals surface area contributed by atoms with E-state index in [4.69, 9.17) is 11.6 Å². The van der Waals surface area contributed by atoms with Crippen molar-refractivity contribution in [3.63, 3.8) is 0 Å². The van der Waals surface area contributed by atoms with E-state index in [-0.39, 0.29) is 11.4 Å². The van der Waals surface area contributed by atoms with Crippen LogP contribution < -0.4 is 9.62 Å². The van der Waals surface area contributed by atoms with E-state index in [0.29, 0.717) is 23.0 Å². The minimum atomic E-state index is -3.94. The van der Waals surface area contributed by atoms with E-state index in [1.807, 2.05) is 18.2 Å². The molecule has 9 heteroatoms. The average Bonchev–Trinajstić information content (AvgIpc) is 2.76. The van der Waals surface area contributed by atoms with Crippen LogP contribution in [0.4, 0.5) is 5.69 Å². The lowest BCUT2D eigenvalue weighted by Gasteiger charge is -2.24. The highest BCUT2D eigenvalue weighted by Gasteiger charge is 2.27. The highest BCUT2D eigenvalue weighted by atomic mass is 35.5. The maximum Gasteiger partial charge on any atom is 0.264 e. The van der Waals surface area contributed by atoms with E-state index >= 15 is 0 Å². The maximum atomic E-state index is 13.2. The Morgan fingerprint density at radius 2 is 1.80 bits per heavy atom. The number of pyridine rings is 1. The number of halogens is 1. The van der Waals surface area contributed by atoms with Crippen LogP contribution in [-0.4, -0.2) is 38.2 Å². The molecule has 0 aliphatic carbocycles. The molecule has 0 aliphatic rings. The van der Waals surface area contributed by atoms with Crippen molar-refractivity contribution in [3.8, 4) is 0 Å². The van der Waals surface area contributed by atoms with Crippen molar-refractivity contribution in [1.29, 1.82) is 0 Å². The zero-order valence-electron chi connectivity index (χ0n) is 15.9. The van der Waals surface area contributed by atoms with Gasteiger partial charge in [-0.3, -0.25) is 9.10 Å². The molecule has 1 amide bonds. The zero-order valence-corrected chi connectivity index (χ0v) is 18.3.